The molecule has 0 unspecified atom stereocenters. The first-order valence-electron chi connectivity index (χ1n) is 17.5. The predicted octanol–water partition coefficient (Wildman–Crippen LogP) is 11.7. The number of fused-ring (bicyclic) bond motifs is 12. The van der Waals surface area contributed by atoms with E-state index in [-0.39, 0.29) is 0 Å². The maximum Gasteiger partial charge on any atom is 0.164 e. The van der Waals surface area contributed by atoms with E-state index in [0.717, 1.165) is 22.4 Å². The number of rotatable bonds is 4. The Kier molecular flexibility index (Phi) is 6.18. The molecule has 0 fully saturated rings. The van der Waals surface area contributed by atoms with Gasteiger partial charge < -0.3 is 8.97 Å². The quantitative estimate of drug-likeness (QED) is 0.176. The predicted molar refractivity (Wildman–Crippen MR) is 214 cm³/mol. The molecular weight excluding hydrogens is 635 g/mol. The molecule has 0 radical (unpaired) electrons. The van der Waals surface area contributed by atoms with Gasteiger partial charge in [0.2, 0.25) is 0 Å². The van der Waals surface area contributed by atoms with Crippen LogP contribution in [0, 0.1) is 0 Å². The fourth-order valence-corrected chi connectivity index (χ4v) is 8.02. The molecule has 52 heavy (non-hydrogen) atoms. The molecule has 11 rings (SSSR count). The van der Waals surface area contributed by atoms with E-state index in [2.05, 4.69) is 124 Å². The molecule has 4 aromatic heterocycles. The van der Waals surface area contributed by atoms with Gasteiger partial charge >= 0.3 is 0 Å². The molecule has 0 amide bonds. The number of benzene rings is 7. The van der Waals surface area contributed by atoms with Gasteiger partial charge in [0, 0.05) is 54.7 Å². The number of para-hydroxylation sites is 3. The van der Waals surface area contributed by atoms with E-state index in [1.165, 1.54) is 59.9 Å². The second kappa shape index (κ2) is 11.2. The summed E-state index contributed by atoms with van der Waals surface area (Å²) in [7, 11) is 0. The van der Waals surface area contributed by atoms with E-state index >= 15 is 0 Å². The first kappa shape index (κ1) is 28.7. The number of nitrogens with zero attached hydrogens (tertiary/aromatic N) is 5. The monoisotopic (exact) mass is 663 g/mol. The topological polar surface area (TPSA) is 48.0 Å². The lowest BCUT2D eigenvalue weighted by molar-refractivity contribution is 1.07. The molecule has 0 saturated carbocycles. The Bertz CT molecular complexity index is 3100. The van der Waals surface area contributed by atoms with Gasteiger partial charge in [0.05, 0.1) is 27.6 Å². The third kappa shape index (κ3) is 4.26. The Morgan fingerprint density at radius 2 is 0.827 bits per heavy atom. The van der Waals surface area contributed by atoms with E-state index < -0.39 is 0 Å². The van der Waals surface area contributed by atoms with Crippen LogP contribution >= 0.6 is 0 Å². The van der Waals surface area contributed by atoms with E-state index in [1.54, 1.807) is 0 Å². The maximum atomic E-state index is 4.96. The zero-order valence-electron chi connectivity index (χ0n) is 28.0. The standard InChI is InChI=1S/C47H29N5/c1-3-13-30(14-4-1)45-48-46(31-15-5-2-6-16-31)50-47(49-45)32-23-25-34(26-24-32)51-39-21-11-9-19-36(39)44-41(51)28-27-37-42-29-33-17-7-10-20-38(33)52(42)40-22-12-8-18-35(40)43(37)44/h1-29H. The smallest absolute Gasteiger partial charge is 0.164 e. The maximum absolute atomic E-state index is 4.96. The molecule has 0 spiro atoms. The van der Waals surface area contributed by atoms with Crippen molar-refractivity contribution in [1.82, 2.24) is 23.9 Å². The fourth-order valence-electron chi connectivity index (χ4n) is 8.02. The molecule has 242 valence electrons. The Morgan fingerprint density at radius 1 is 0.327 bits per heavy atom. The molecule has 0 atom stereocenters. The minimum atomic E-state index is 0.641. The molecule has 11 aromatic rings. The molecule has 5 nitrogen and oxygen atoms in total. The average Bonchev–Trinajstić information content (AvgIpc) is 3.78. The first-order valence-corrected chi connectivity index (χ1v) is 17.5. The van der Waals surface area contributed by atoms with Gasteiger partial charge in [-0.15, -0.1) is 0 Å². The van der Waals surface area contributed by atoms with Gasteiger partial charge in [-0.2, -0.15) is 0 Å². The minimum Gasteiger partial charge on any atom is -0.309 e. The van der Waals surface area contributed by atoms with Crippen molar-refractivity contribution >= 4 is 59.9 Å². The van der Waals surface area contributed by atoms with Crippen LogP contribution in [0.1, 0.15) is 0 Å². The fraction of sp³-hybridized carbons (Fsp3) is 0. The highest BCUT2D eigenvalue weighted by Crippen LogP contribution is 2.42. The summed E-state index contributed by atoms with van der Waals surface area (Å²) in [6, 6.07) is 62.0. The van der Waals surface area contributed by atoms with Crippen molar-refractivity contribution in [3.05, 3.63) is 176 Å². The number of hydrogen-bond acceptors (Lipinski definition) is 3. The van der Waals surface area contributed by atoms with Crippen LogP contribution < -0.4 is 0 Å². The highest BCUT2D eigenvalue weighted by molar-refractivity contribution is 6.31. The van der Waals surface area contributed by atoms with Crippen LogP contribution in [0.4, 0.5) is 0 Å². The second-order valence-corrected chi connectivity index (χ2v) is 13.3. The Morgan fingerprint density at radius 3 is 1.48 bits per heavy atom. The lowest BCUT2D eigenvalue weighted by Gasteiger charge is -2.13. The second-order valence-electron chi connectivity index (χ2n) is 13.3. The third-order valence-corrected chi connectivity index (χ3v) is 10.3. The van der Waals surface area contributed by atoms with E-state index in [9.17, 15) is 0 Å². The molecule has 7 aromatic carbocycles. The van der Waals surface area contributed by atoms with Crippen molar-refractivity contribution in [3.8, 4) is 39.9 Å². The Hall–Kier alpha value is -7.11. The van der Waals surface area contributed by atoms with Crippen LogP contribution in [0.2, 0.25) is 0 Å². The highest BCUT2D eigenvalue weighted by Gasteiger charge is 2.20. The Labute approximate surface area is 298 Å². The zero-order valence-corrected chi connectivity index (χ0v) is 28.0. The van der Waals surface area contributed by atoms with Crippen molar-refractivity contribution in [2.45, 2.75) is 0 Å². The van der Waals surface area contributed by atoms with Crippen molar-refractivity contribution in [1.29, 1.82) is 0 Å². The van der Waals surface area contributed by atoms with Crippen LogP contribution in [0.5, 0.6) is 0 Å². The minimum absolute atomic E-state index is 0.641. The van der Waals surface area contributed by atoms with E-state index in [0.29, 0.717) is 17.5 Å². The van der Waals surface area contributed by atoms with Gasteiger partial charge in [0.25, 0.3) is 0 Å². The largest absolute Gasteiger partial charge is 0.309 e. The van der Waals surface area contributed by atoms with Crippen molar-refractivity contribution in [3.63, 3.8) is 0 Å². The molecule has 5 heteroatoms. The number of aromatic nitrogens is 5. The van der Waals surface area contributed by atoms with Gasteiger partial charge in [-0.1, -0.05) is 121 Å². The SMILES string of the molecule is c1ccc(-c2nc(-c3ccccc3)nc(-c3ccc(-n4c5ccccc5c5c6c7ccccc7n7c8ccccc8cc7c6ccc54)cc3)n2)cc1. The molecule has 0 aliphatic carbocycles. The highest BCUT2D eigenvalue weighted by atomic mass is 15.0. The van der Waals surface area contributed by atoms with Crippen molar-refractivity contribution in [2.75, 3.05) is 0 Å². The van der Waals surface area contributed by atoms with Crippen molar-refractivity contribution < 1.29 is 0 Å². The van der Waals surface area contributed by atoms with Crippen LogP contribution in [-0.4, -0.2) is 23.9 Å². The molecular formula is C47H29N5. The molecule has 0 aliphatic heterocycles. The normalized spacial score (nSPS) is 11.8. The zero-order chi connectivity index (χ0) is 34.2. The summed E-state index contributed by atoms with van der Waals surface area (Å²) in [4.78, 5) is 14.8. The van der Waals surface area contributed by atoms with Gasteiger partial charge in [0.15, 0.2) is 17.5 Å². The summed E-state index contributed by atoms with van der Waals surface area (Å²) in [5.74, 6) is 1.95. The van der Waals surface area contributed by atoms with Crippen molar-refractivity contribution in [2.24, 2.45) is 0 Å². The summed E-state index contributed by atoms with van der Waals surface area (Å²) >= 11 is 0. The summed E-state index contributed by atoms with van der Waals surface area (Å²) in [5.41, 5.74) is 9.91. The van der Waals surface area contributed by atoms with E-state index in [4.69, 9.17) is 15.0 Å². The summed E-state index contributed by atoms with van der Waals surface area (Å²) in [6.07, 6.45) is 0. The number of pyridine rings is 1. The number of hydrogen-bond donors (Lipinski definition) is 0. The van der Waals surface area contributed by atoms with Crippen LogP contribution in [0.3, 0.4) is 0 Å². The molecule has 4 heterocycles. The molecule has 0 aliphatic rings. The van der Waals surface area contributed by atoms with Gasteiger partial charge in [-0.3, -0.25) is 0 Å². The molecule has 0 N–H and O–H groups in total. The van der Waals surface area contributed by atoms with Gasteiger partial charge in [-0.05, 0) is 54.6 Å². The molecule has 0 saturated heterocycles. The van der Waals surface area contributed by atoms with Crippen LogP contribution in [-0.2, 0) is 0 Å². The Balaban J connectivity index is 1.13. The summed E-state index contributed by atoms with van der Waals surface area (Å²) in [5, 5.41) is 7.51. The average molecular weight is 664 g/mol. The lowest BCUT2D eigenvalue weighted by atomic mass is 9.99. The summed E-state index contributed by atoms with van der Waals surface area (Å²) in [6.45, 7) is 0. The summed E-state index contributed by atoms with van der Waals surface area (Å²) < 4.78 is 4.81. The lowest BCUT2D eigenvalue weighted by Crippen LogP contribution is -2.00. The third-order valence-electron chi connectivity index (χ3n) is 10.3. The van der Waals surface area contributed by atoms with Crippen LogP contribution in [0.15, 0.2) is 176 Å². The van der Waals surface area contributed by atoms with Gasteiger partial charge in [-0.25, -0.2) is 15.0 Å². The van der Waals surface area contributed by atoms with Gasteiger partial charge in [0.1, 0.15) is 0 Å². The van der Waals surface area contributed by atoms with E-state index in [1.807, 2.05) is 60.7 Å². The first-order chi connectivity index (χ1) is 25.8. The molecule has 0 bridgehead atoms. The van der Waals surface area contributed by atoms with Crippen LogP contribution in [0.25, 0.3) is 99.8 Å².